The van der Waals surface area contributed by atoms with Gasteiger partial charge in [0.1, 0.15) is 17.4 Å². The van der Waals surface area contributed by atoms with E-state index < -0.39 is 12.0 Å². The number of nitrogens with zero attached hydrogens (tertiary/aromatic N) is 1. The molecule has 1 amide bonds. The molecule has 1 saturated heterocycles. The van der Waals surface area contributed by atoms with Crippen molar-refractivity contribution >= 4 is 22.8 Å². The Hall–Kier alpha value is -2.83. The van der Waals surface area contributed by atoms with E-state index in [9.17, 15) is 19.5 Å². The smallest absolute Gasteiger partial charge is 0.339 e. The Bertz CT molecular complexity index is 1010. The molecule has 1 aliphatic carbocycles. The number of carbonyl (C=O) groups is 2. The molecule has 1 aromatic carbocycles. The summed E-state index contributed by atoms with van der Waals surface area (Å²) in [5.41, 5.74) is 2.68. The molecule has 4 rings (SSSR count). The number of benzene rings is 1. The van der Waals surface area contributed by atoms with Gasteiger partial charge in [0.2, 0.25) is 0 Å². The molecular weight excluding hydrogens is 362 g/mol. The minimum absolute atomic E-state index is 0.240. The number of carboxylic acid groups (broad SMARTS) is 1. The highest BCUT2D eigenvalue weighted by atomic mass is 16.5. The molecule has 7 nitrogen and oxygen atoms in total. The van der Waals surface area contributed by atoms with Gasteiger partial charge in [0.25, 0.3) is 5.91 Å². The number of aryl methyl sites for hydroxylation is 2. The highest BCUT2D eigenvalue weighted by Crippen LogP contribution is 2.34. The fraction of sp³-hybridized carbons (Fsp3) is 0.476. The fourth-order valence-corrected chi connectivity index (χ4v) is 4.33. The van der Waals surface area contributed by atoms with E-state index >= 15 is 0 Å². The summed E-state index contributed by atoms with van der Waals surface area (Å²) < 4.78 is 11.4. The second-order valence-electron chi connectivity index (χ2n) is 7.56. The Morgan fingerprint density at radius 2 is 1.96 bits per heavy atom. The van der Waals surface area contributed by atoms with Crippen LogP contribution in [0, 0.1) is 6.92 Å². The van der Waals surface area contributed by atoms with Crippen LogP contribution in [0.4, 0.5) is 0 Å². The van der Waals surface area contributed by atoms with E-state index in [2.05, 4.69) is 0 Å². The summed E-state index contributed by atoms with van der Waals surface area (Å²) in [5.74, 6) is -0.815. The van der Waals surface area contributed by atoms with Gasteiger partial charge in [-0.3, -0.25) is 4.79 Å². The average molecular weight is 385 g/mol. The van der Waals surface area contributed by atoms with Crippen LogP contribution < -0.4 is 10.4 Å². The Balaban J connectivity index is 1.66. The molecule has 28 heavy (non-hydrogen) atoms. The molecule has 148 valence electrons. The zero-order chi connectivity index (χ0) is 19.8. The van der Waals surface area contributed by atoms with E-state index in [1.165, 1.54) is 4.90 Å². The summed E-state index contributed by atoms with van der Waals surface area (Å²) in [7, 11) is 0. The number of carbonyl (C=O) groups excluding carboxylic acids is 1. The topological polar surface area (TPSA) is 97.0 Å². The quantitative estimate of drug-likeness (QED) is 0.812. The first-order valence-corrected chi connectivity index (χ1v) is 9.70. The maximum Gasteiger partial charge on any atom is 0.339 e. The van der Waals surface area contributed by atoms with Crippen LogP contribution in [-0.2, 0) is 22.4 Å². The second kappa shape index (κ2) is 7.30. The van der Waals surface area contributed by atoms with Crippen LogP contribution >= 0.6 is 0 Å². The van der Waals surface area contributed by atoms with Crippen LogP contribution in [0.15, 0.2) is 21.3 Å². The third kappa shape index (κ3) is 3.25. The average Bonchev–Trinajstić information content (AvgIpc) is 3.16. The number of carboxylic acids is 1. The molecule has 1 atom stereocenters. The molecule has 0 spiro atoms. The number of hydrogen-bond donors (Lipinski definition) is 1. The molecule has 0 bridgehead atoms. The summed E-state index contributed by atoms with van der Waals surface area (Å²) in [6.45, 7) is 2.06. The summed E-state index contributed by atoms with van der Waals surface area (Å²) in [6, 6.07) is 2.86. The second-order valence-corrected chi connectivity index (χ2v) is 7.56. The zero-order valence-corrected chi connectivity index (χ0v) is 15.8. The van der Waals surface area contributed by atoms with Gasteiger partial charge in [-0.25, -0.2) is 9.59 Å². The maximum absolute atomic E-state index is 12.6. The third-order valence-electron chi connectivity index (χ3n) is 5.64. The number of fused-ring (bicyclic) bond motifs is 3. The third-order valence-corrected chi connectivity index (χ3v) is 5.64. The van der Waals surface area contributed by atoms with Crippen LogP contribution in [0.1, 0.15) is 42.4 Å². The van der Waals surface area contributed by atoms with Crippen molar-refractivity contribution < 1.29 is 23.8 Å². The fourth-order valence-electron chi connectivity index (χ4n) is 4.33. The Morgan fingerprint density at radius 3 is 2.71 bits per heavy atom. The van der Waals surface area contributed by atoms with Crippen molar-refractivity contribution in [3.63, 3.8) is 0 Å². The van der Waals surface area contributed by atoms with Crippen molar-refractivity contribution in [2.24, 2.45) is 0 Å². The molecular formula is C21H23NO6. The van der Waals surface area contributed by atoms with E-state index in [1.54, 1.807) is 6.07 Å². The minimum Gasteiger partial charge on any atom is -0.483 e. The van der Waals surface area contributed by atoms with Gasteiger partial charge >= 0.3 is 11.6 Å². The van der Waals surface area contributed by atoms with Gasteiger partial charge < -0.3 is 19.2 Å². The predicted molar refractivity (Wildman–Crippen MR) is 102 cm³/mol. The highest BCUT2D eigenvalue weighted by Gasteiger charge is 2.34. The van der Waals surface area contributed by atoms with E-state index in [0.717, 1.165) is 35.8 Å². The molecule has 0 saturated carbocycles. The molecule has 2 heterocycles. The van der Waals surface area contributed by atoms with Crippen LogP contribution in [0.25, 0.3) is 11.0 Å². The molecule has 1 fully saturated rings. The van der Waals surface area contributed by atoms with Crippen LogP contribution in [-0.4, -0.2) is 41.1 Å². The molecule has 2 aromatic rings. The van der Waals surface area contributed by atoms with Gasteiger partial charge in [0.05, 0.1) is 5.39 Å². The summed E-state index contributed by atoms with van der Waals surface area (Å²) >= 11 is 0. The van der Waals surface area contributed by atoms with Crippen molar-refractivity contribution in [1.29, 1.82) is 0 Å². The lowest BCUT2D eigenvalue weighted by Gasteiger charge is -2.22. The van der Waals surface area contributed by atoms with Gasteiger partial charge in [-0.2, -0.15) is 0 Å². The van der Waals surface area contributed by atoms with Crippen LogP contribution in [0.2, 0.25) is 0 Å². The number of likely N-dealkylation sites (tertiary alicyclic amines) is 1. The number of hydrogen-bond acceptors (Lipinski definition) is 5. The summed E-state index contributed by atoms with van der Waals surface area (Å²) in [4.78, 5) is 37.6. The monoisotopic (exact) mass is 385 g/mol. The molecule has 0 unspecified atom stereocenters. The van der Waals surface area contributed by atoms with E-state index in [0.29, 0.717) is 42.7 Å². The number of ether oxygens (including phenoxy) is 1. The largest absolute Gasteiger partial charge is 0.483 e. The number of rotatable bonds is 4. The molecule has 1 aromatic heterocycles. The molecule has 7 heteroatoms. The SMILES string of the molecule is Cc1cc(OCC(=O)N2CCC[C@@H]2C(=O)O)c2c3c(c(=O)oc2c1)CCCC3. The van der Waals surface area contributed by atoms with Gasteiger partial charge in [-0.1, -0.05) is 0 Å². The first-order valence-electron chi connectivity index (χ1n) is 9.70. The van der Waals surface area contributed by atoms with Gasteiger partial charge in [0.15, 0.2) is 6.61 Å². The van der Waals surface area contributed by atoms with Crippen molar-refractivity contribution in [3.05, 3.63) is 39.2 Å². The van der Waals surface area contributed by atoms with Crippen LogP contribution in [0.5, 0.6) is 5.75 Å². The predicted octanol–water partition coefficient (Wildman–Crippen LogP) is 2.43. The number of amides is 1. The number of aliphatic carboxylic acids is 1. The van der Waals surface area contributed by atoms with Crippen LogP contribution in [0.3, 0.4) is 0 Å². The van der Waals surface area contributed by atoms with E-state index in [-0.39, 0.29) is 18.1 Å². The van der Waals surface area contributed by atoms with Gasteiger partial charge in [-0.15, -0.1) is 0 Å². The van der Waals surface area contributed by atoms with Crippen molar-refractivity contribution in [2.45, 2.75) is 51.5 Å². The van der Waals surface area contributed by atoms with Gasteiger partial charge in [0, 0.05) is 12.1 Å². The normalized spacial score (nSPS) is 18.9. The Morgan fingerprint density at radius 1 is 1.21 bits per heavy atom. The summed E-state index contributed by atoms with van der Waals surface area (Å²) in [6.07, 6.45) is 4.55. The Labute approximate surface area is 161 Å². The molecule has 1 aliphatic heterocycles. The lowest BCUT2D eigenvalue weighted by Crippen LogP contribution is -2.42. The maximum atomic E-state index is 12.6. The molecule has 2 aliphatic rings. The van der Waals surface area contributed by atoms with E-state index in [1.807, 2.05) is 13.0 Å². The lowest BCUT2D eigenvalue weighted by molar-refractivity contribution is -0.148. The Kier molecular flexibility index (Phi) is 4.83. The first-order chi connectivity index (χ1) is 13.5. The van der Waals surface area contributed by atoms with Crippen molar-refractivity contribution in [3.8, 4) is 5.75 Å². The summed E-state index contributed by atoms with van der Waals surface area (Å²) in [5, 5.41) is 10.0. The van der Waals surface area contributed by atoms with Gasteiger partial charge in [-0.05, 0) is 68.7 Å². The molecule has 0 radical (unpaired) electrons. The molecule has 1 N–H and O–H groups in total. The zero-order valence-electron chi connectivity index (χ0n) is 15.8. The van der Waals surface area contributed by atoms with E-state index in [4.69, 9.17) is 9.15 Å². The van der Waals surface area contributed by atoms with Crippen molar-refractivity contribution in [1.82, 2.24) is 4.90 Å². The standard InChI is InChI=1S/C21H23NO6/c1-12-9-16(27-11-18(23)22-8-4-7-15(22)20(24)25)19-13-5-2-3-6-14(13)21(26)28-17(19)10-12/h9-10,15H,2-8,11H2,1H3,(H,24,25)/t15-/m1/s1. The van der Waals surface area contributed by atoms with Crippen molar-refractivity contribution in [2.75, 3.05) is 13.2 Å². The minimum atomic E-state index is -0.984. The highest BCUT2D eigenvalue weighted by molar-refractivity contribution is 5.90. The lowest BCUT2D eigenvalue weighted by atomic mass is 9.90. The first kappa shape index (κ1) is 18.5.